The van der Waals surface area contributed by atoms with Crippen LogP contribution in [-0.4, -0.2) is 18.6 Å². The summed E-state index contributed by atoms with van der Waals surface area (Å²) < 4.78 is 1.13. The van der Waals surface area contributed by atoms with E-state index in [4.69, 9.17) is 5.73 Å². The number of benzene rings is 1. The van der Waals surface area contributed by atoms with Gasteiger partial charge in [0.15, 0.2) is 0 Å². The van der Waals surface area contributed by atoms with Crippen LogP contribution in [0.15, 0.2) is 28.7 Å². The van der Waals surface area contributed by atoms with Gasteiger partial charge in [-0.05, 0) is 49.9 Å². The predicted octanol–water partition coefficient (Wildman–Crippen LogP) is 3.10. The summed E-state index contributed by atoms with van der Waals surface area (Å²) in [6.45, 7) is 3.99. The molecule has 1 unspecified atom stereocenters. The average molecular weight is 311 g/mol. The lowest BCUT2D eigenvalue weighted by atomic mass is 9.92. The molecule has 3 N–H and O–H groups in total. The quantitative estimate of drug-likeness (QED) is 0.812. The predicted molar refractivity (Wildman–Crippen MR) is 80.6 cm³/mol. The van der Waals surface area contributed by atoms with Crippen molar-refractivity contribution in [2.24, 2.45) is 11.7 Å². The number of nitrogens with two attached hydrogens (primary N) is 1. The van der Waals surface area contributed by atoms with Crippen LogP contribution in [0.2, 0.25) is 0 Å². The largest absolute Gasteiger partial charge is 0.329 e. The van der Waals surface area contributed by atoms with E-state index in [-0.39, 0.29) is 5.54 Å². The fraction of sp³-hybridized carbons (Fsp3) is 0.600. The number of hydrogen-bond donors (Lipinski definition) is 2. The molecule has 2 rings (SSSR count). The van der Waals surface area contributed by atoms with Crippen molar-refractivity contribution >= 4 is 15.9 Å². The lowest BCUT2D eigenvalue weighted by molar-refractivity contribution is 0.355. The molecule has 100 valence electrons. The zero-order valence-corrected chi connectivity index (χ0v) is 12.7. The summed E-state index contributed by atoms with van der Waals surface area (Å²) in [6.07, 6.45) is 5.14. The molecule has 1 saturated carbocycles. The van der Waals surface area contributed by atoms with Crippen LogP contribution in [0.3, 0.4) is 0 Å². The maximum Gasteiger partial charge on any atom is 0.0316 e. The summed E-state index contributed by atoms with van der Waals surface area (Å²) in [5.41, 5.74) is 7.30. The zero-order valence-electron chi connectivity index (χ0n) is 11.1. The molecule has 0 saturated heterocycles. The maximum atomic E-state index is 5.95. The Kier molecular flexibility index (Phi) is 4.82. The van der Waals surface area contributed by atoms with E-state index >= 15 is 0 Å². The van der Waals surface area contributed by atoms with E-state index in [0.29, 0.717) is 6.54 Å². The average Bonchev–Trinajstić information content (AvgIpc) is 3.16. The first-order valence-electron chi connectivity index (χ1n) is 6.81. The topological polar surface area (TPSA) is 38.0 Å². The molecule has 1 aliphatic rings. The number of hydrogen-bond acceptors (Lipinski definition) is 2. The molecule has 18 heavy (non-hydrogen) atoms. The molecule has 1 aliphatic carbocycles. The normalized spacial score (nSPS) is 18.6. The van der Waals surface area contributed by atoms with Crippen LogP contribution in [0, 0.1) is 5.92 Å². The minimum absolute atomic E-state index is 0.0166. The van der Waals surface area contributed by atoms with Gasteiger partial charge in [0.25, 0.3) is 0 Å². The first-order chi connectivity index (χ1) is 8.61. The van der Waals surface area contributed by atoms with Gasteiger partial charge in [0, 0.05) is 16.6 Å². The Morgan fingerprint density at radius 3 is 2.56 bits per heavy atom. The van der Waals surface area contributed by atoms with Gasteiger partial charge in [0.2, 0.25) is 0 Å². The number of rotatable bonds is 7. The molecule has 1 atom stereocenters. The second-order valence-corrected chi connectivity index (χ2v) is 6.64. The highest BCUT2D eigenvalue weighted by Gasteiger charge is 2.25. The van der Waals surface area contributed by atoms with Crippen molar-refractivity contribution in [3.05, 3.63) is 34.3 Å². The minimum atomic E-state index is 0.0166. The molecule has 0 aliphatic heterocycles. The van der Waals surface area contributed by atoms with Crippen LogP contribution >= 0.6 is 15.9 Å². The van der Waals surface area contributed by atoms with Crippen LogP contribution in [0.1, 0.15) is 31.7 Å². The summed E-state index contributed by atoms with van der Waals surface area (Å²) >= 11 is 3.47. The van der Waals surface area contributed by atoms with Gasteiger partial charge in [0.05, 0.1) is 0 Å². The van der Waals surface area contributed by atoms with Crippen LogP contribution in [-0.2, 0) is 6.42 Å². The molecule has 2 nitrogen and oxygen atoms in total. The van der Waals surface area contributed by atoms with Crippen molar-refractivity contribution in [1.82, 2.24) is 5.32 Å². The van der Waals surface area contributed by atoms with Crippen molar-refractivity contribution in [1.29, 1.82) is 0 Å². The highest BCUT2D eigenvalue weighted by atomic mass is 79.9. The molecule has 1 aromatic rings. The summed E-state index contributed by atoms with van der Waals surface area (Å²) in [6, 6.07) is 8.52. The fourth-order valence-corrected chi connectivity index (χ4v) is 2.51. The van der Waals surface area contributed by atoms with Gasteiger partial charge >= 0.3 is 0 Å². The molecule has 0 bridgehead atoms. The van der Waals surface area contributed by atoms with Gasteiger partial charge in [-0.15, -0.1) is 0 Å². The molecule has 0 aromatic heterocycles. The molecule has 1 fully saturated rings. The van der Waals surface area contributed by atoms with Gasteiger partial charge in [0.1, 0.15) is 0 Å². The van der Waals surface area contributed by atoms with E-state index in [1.54, 1.807) is 0 Å². The van der Waals surface area contributed by atoms with Crippen molar-refractivity contribution in [2.75, 3.05) is 13.1 Å². The Balaban J connectivity index is 1.86. The number of nitrogens with one attached hydrogen (secondary N) is 1. The Morgan fingerprint density at radius 1 is 1.33 bits per heavy atom. The summed E-state index contributed by atoms with van der Waals surface area (Å²) in [5, 5.41) is 3.64. The van der Waals surface area contributed by atoms with Crippen molar-refractivity contribution in [3.63, 3.8) is 0 Å². The first-order valence-corrected chi connectivity index (χ1v) is 7.60. The lowest BCUT2D eigenvalue weighted by Crippen LogP contribution is -2.50. The monoisotopic (exact) mass is 310 g/mol. The minimum Gasteiger partial charge on any atom is -0.329 e. The van der Waals surface area contributed by atoms with E-state index in [1.807, 2.05) is 0 Å². The molecular formula is C15H23BrN2. The van der Waals surface area contributed by atoms with Crippen molar-refractivity contribution < 1.29 is 0 Å². The summed E-state index contributed by atoms with van der Waals surface area (Å²) in [4.78, 5) is 0. The van der Waals surface area contributed by atoms with Crippen LogP contribution < -0.4 is 11.1 Å². The van der Waals surface area contributed by atoms with Gasteiger partial charge in [-0.2, -0.15) is 0 Å². The van der Waals surface area contributed by atoms with Crippen LogP contribution in [0.5, 0.6) is 0 Å². The smallest absolute Gasteiger partial charge is 0.0316 e. The summed E-state index contributed by atoms with van der Waals surface area (Å²) in [5.74, 6) is 0.979. The van der Waals surface area contributed by atoms with E-state index in [0.717, 1.165) is 23.4 Å². The Bertz CT molecular complexity index is 373. The molecule has 0 amide bonds. The van der Waals surface area contributed by atoms with Crippen LogP contribution in [0.25, 0.3) is 0 Å². The lowest BCUT2D eigenvalue weighted by Gasteiger charge is -2.30. The van der Waals surface area contributed by atoms with E-state index < -0.39 is 0 Å². The van der Waals surface area contributed by atoms with E-state index in [1.165, 1.54) is 24.8 Å². The Hall–Kier alpha value is -0.380. The third-order valence-electron chi connectivity index (χ3n) is 3.76. The third kappa shape index (κ3) is 4.38. The summed E-state index contributed by atoms with van der Waals surface area (Å²) in [7, 11) is 0. The van der Waals surface area contributed by atoms with Crippen molar-refractivity contribution in [3.8, 4) is 0 Å². The molecule has 0 heterocycles. The van der Waals surface area contributed by atoms with E-state index in [2.05, 4.69) is 52.4 Å². The Labute approximate surface area is 118 Å². The van der Waals surface area contributed by atoms with Gasteiger partial charge in [-0.3, -0.25) is 0 Å². The van der Waals surface area contributed by atoms with Crippen molar-refractivity contribution in [2.45, 2.75) is 38.1 Å². The molecular weight excluding hydrogens is 288 g/mol. The highest BCUT2D eigenvalue weighted by Crippen LogP contribution is 2.32. The van der Waals surface area contributed by atoms with Gasteiger partial charge in [-0.1, -0.05) is 40.9 Å². The zero-order chi connectivity index (χ0) is 13.0. The molecule has 1 aromatic carbocycles. The number of halogens is 1. The maximum absolute atomic E-state index is 5.95. The third-order valence-corrected chi connectivity index (χ3v) is 4.29. The molecule has 0 radical (unpaired) electrons. The second-order valence-electron chi connectivity index (χ2n) is 5.73. The van der Waals surface area contributed by atoms with Gasteiger partial charge < -0.3 is 11.1 Å². The standard InChI is InChI=1S/C15H23BrN2/c1-15(11-17,18-9-8-12-2-3-12)10-13-4-6-14(16)7-5-13/h4-7,12,18H,2-3,8-11,17H2,1H3. The van der Waals surface area contributed by atoms with E-state index in [9.17, 15) is 0 Å². The Morgan fingerprint density at radius 2 is 2.00 bits per heavy atom. The molecule has 3 heteroatoms. The second kappa shape index (κ2) is 6.18. The van der Waals surface area contributed by atoms with Crippen LogP contribution in [0.4, 0.5) is 0 Å². The SMILES string of the molecule is CC(CN)(Cc1ccc(Br)cc1)NCCC1CC1. The van der Waals surface area contributed by atoms with Gasteiger partial charge in [-0.25, -0.2) is 0 Å². The highest BCUT2D eigenvalue weighted by molar-refractivity contribution is 9.10. The first kappa shape index (κ1) is 14.0. The fourth-order valence-electron chi connectivity index (χ4n) is 2.24. The molecule has 0 spiro atoms.